The summed E-state index contributed by atoms with van der Waals surface area (Å²) in [5.41, 5.74) is 7.14. The van der Waals surface area contributed by atoms with Crippen LogP contribution in [0.4, 0.5) is 5.82 Å². The summed E-state index contributed by atoms with van der Waals surface area (Å²) in [6, 6.07) is 4.15. The smallest absolute Gasteiger partial charge is 0.188 e. The Balaban J connectivity index is 0.00000364. The molecule has 0 atom stereocenters. The molecule has 1 aliphatic rings. The molecule has 27 heavy (non-hydrogen) atoms. The summed E-state index contributed by atoms with van der Waals surface area (Å²) in [5, 5.41) is 3.22. The number of aliphatic imine (C=N–C) groups is 1. The van der Waals surface area contributed by atoms with Crippen LogP contribution in [0.15, 0.2) is 23.3 Å². The number of nitrogens with zero attached hydrogens (tertiary/aromatic N) is 4. The zero-order valence-electron chi connectivity index (χ0n) is 17.0. The lowest BCUT2D eigenvalue weighted by atomic mass is 10.1. The molecule has 0 amide bonds. The van der Waals surface area contributed by atoms with Gasteiger partial charge >= 0.3 is 0 Å². The molecule has 7 heteroatoms. The molecular formula is C20H37IN6. The Bertz CT molecular complexity index is 543. The fourth-order valence-electron chi connectivity index (χ4n) is 3.12. The highest BCUT2D eigenvalue weighted by Crippen LogP contribution is 2.15. The maximum Gasteiger partial charge on any atom is 0.188 e. The summed E-state index contributed by atoms with van der Waals surface area (Å²) in [6.45, 7) is 7.97. The molecule has 0 unspecified atom stereocenters. The number of pyridine rings is 1. The van der Waals surface area contributed by atoms with Gasteiger partial charge in [0.2, 0.25) is 0 Å². The Morgan fingerprint density at radius 2 is 1.85 bits per heavy atom. The molecule has 1 aromatic heterocycles. The predicted molar refractivity (Wildman–Crippen MR) is 126 cm³/mol. The first-order valence-electron chi connectivity index (χ1n) is 10.1. The van der Waals surface area contributed by atoms with Gasteiger partial charge in [0.1, 0.15) is 5.82 Å². The first-order chi connectivity index (χ1) is 12.7. The highest BCUT2D eigenvalue weighted by atomic mass is 127. The molecule has 1 aliphatic heterocycles. The fraction of sp³-hybridized carbons (Fsp3) is 0.700. The summed E-state index contributed by atoms with van der Waals surface area (Å²) in [6.07, 6.45) is 9.60. The van der Waals surface area contributed by atoms with Gasteiger partial charge in [-0.15, -0.1) is 24.0 Å². The van der Waals surface area contributed by atoms with Crippen LogP contribution < -0.4 is 16.0 Å². The summed E-state index contributed by atoms with van der Waals surface area (Å²) in [5.74, 6) is 1.58. The minimum absolute atomic E-state index is 0. The Hall–Kier alpha value is -1.09. The highest BCUT2D eigenvalue weighted by molar-refractivity contribution is 14.0. The zero-order valence-corrected chi connectivity index (χ0v) is 19.3. The van der Waals surface area contributed by atoms with Gasteiger partial charge in [0.15, 0.2) is 5.96 Å². The molecule has 1 fully saturated rings. The van der Waals surface area contributed by atoms with E-state index in [2.05, 4.69) is 45.1 Å². The number of guanidine groups is 1. The Labute approximate surface area is 182 Å². The van der Waals surface area contributed by atoms with Crippen molar-refractivity contribution in [3.8, 4) is 0 Å². The van der Waals surface area contributed by atoms with Gasteiger partial charge in [-0.25, -0.2) is 9.98 Å². The van der Waals surface area contributed by atoms with Crippen LogP contribution in [0, 0.1) is 0 Å². The SMILES string of the molecule is CCCCCCCCNC(N)=NCc1ccnc(N2CCN(C)CC2)c1.I. The van der Waals surface area contributed by atoms with E-state index in [-0.39, 0.29) is 24.0 Å². The number of halogens is 1. The molecule has 0 aliphatic carbocycles. The van der Waals surface area contributed by atoms with Crippen molar-refractivity contribution >= 4 is 35.8 Å². The van der Waals surface area contributed by atoms with Crippen molar-refractivity contribution in [1.29, 1.82) is 0 Å². The summed E-state index contributed by atoms with van der Waals surface area (Å²) in [7, 11) is 2.16. The average Bonchev–Trinajstić information content (AvgIpc) is 2.66. The molecule has 6 nitrogen and oxygen atoms in total. The lowest BCUT2D eigenvalue weighted by molar-refractivity contribution is 0.312. The van der Waals surface area contributed by atoms with Gasteiger partial charge < -0.3 is 20.9 Å². The number of anilines is 1. The number of rotatable bonds is 10. The van der Waals surface area contributed by atoms with Crippen LogP contribution in [-0.4, -0.2) is 55.6 Å². The molecule has 1 aromatic rings. The van der Waals surface area contributed by atoms with Gasteiger partial charge in [-0.1, -0.05) is 39.0 Å². The van der Waals surface area contributed by atoms with E-state index in [0.717, 1.165) is 50.5 Å². The second-order valence-corrected chi connectivity index (χ2v) is 7.21. The third kappa shape index (κ3) is 9.60. The van der Waals surface area contributed by atoms with E-state index in [4.69, 9.17) is 5.73 Å². The van der Waals surface area contributed by atoms with Crippen LogP contribution in [0.1, 0.15) is 51.0 Å². The van der Waals surface area contributed by atoms with Crippen LogP contribution in [0.25, 0.3) is 0 Å². The molecule has 0 saturated carbocycles. The zero-order chi connectivity index (χ0) is 18.6. The largest absolute Gasteiger partial charge is 0.370 e. The number of unbranched alkanes of at least 4 members (excludes halogenated alkanes) is 5. The van der Waals surface area contributed by atoms with Crippen molar-refractivity contribution < 1.29 is 0 Å². The first-order valence-corrected chi connectivity index (χ1v) is 10.1. The molecule has 0 aromatic carbocycles. The molecule has 2 rings (SSSR count). The van der Waals surface area contributed by atoms with Gasteiger partial charge in [0.25, 0.3) is 0 Å². The maximum absolute atomic E-state index is 5.99. The molecule has 0 spiro atoms. The first kappa shape index (κ1) is 23.9. The normalized spacial score (nSPS) is 15.5. The van der Waals surface area contributed by atoms with Gasteiger partial charge in [-0.05, 0) is 31.2 Å². The number of piperazine rings is 1. The van der Waals surface area contributed by atoms with Crippen molar-refractivity contribution in [2.24, 2.45) is 10.7 Å². The van der Waals surface area contributed by atoms with E-state index in [1.807, 2.05) is 12.3 Å². The molecule has 0 bridgehead atoms. The molecule has 154 valence electrons. The number of likely N-dealkylation sites (N-methyl/N-ethyl adjacent to an activating group) is 1. The van der Waals surface area contributed by atoms with E-state index < -0.39 is 0 Å². The van der Waals surface area contributed by atoms with Gasteiger partial charge in [-0.2, -0.15) is 0 Å². The summed E-state index contributed by atoms with van der Waals surface area (Å²) >= 11 is 0. The van der Waals surface area contributed by atoms with Crippen LogP contribution >= 0.6 is 24.0 Å². The van der Waals surface area contributed by atoms with E-state index in [1.54, 1.807) is 0 Å². The maximum atomic E-state index is 5.99. The third-order valence-electron chi connectivity index (χ3n) is 4.91. The van der Waals surface area contributed by atoms with Crippen molar-refractivity contribution in [2.45, 2.75) is 52.0 Å². The number of nitrogens with two attached hydrogens (primary N) is 1. The van der Waals surface area contributed by atoms with E-state index in [9.17, 15) is 0 Å². The van der Waals surface area contributed by atoms with E-state index >= 15 is 0 Å². The molecule has 3 N–H and O–H groups in total. The van der Waals surface area contributed by atoms with Crippen molar-refractivity contribution in [3.05, 3.63) is 23.9 Å². The second kappa shape index (κ2) is 14.0. The third-order valence-corrected chi connectivity index (χ3v) is 4.91. The monoisotopic (exact) mass is 488 g/mol. The number of hydrogen-bond acceptors (Lipinski definition) is 4. The lowest BCUT2D eigenvalue weighted by Gasteiger charge is -2.33. The van der Waals surface area contributed by atoms with E-state index in [0.29, 0.717) is 12.5 Å². The average molecular weight is 488 g/mol. The second-order valence-electron chi connectivity index (χ2n) is 7.21. The standard InChI is InChI=1S/C20H36N6.HI/c1-3-4-5-6-7-8-10-23-20(21)24-17-18-9-11-22-19(16-18)26-14-12-25(2)13-15-26;/h9,11,16H,3-8,10,12-15,17H2,1-2H3,(H3,21,23,24);1H. The Morgan fingerprint density at radius 1 is 1.15 bits per heavy atom. The van der Waals surface area contributed by atoms with Crippen LogP contribution in [0.5, 0.6) is 0 Å². The number of aromatic nitrogens is 1. The number of nitrogens with one attached hydrogen (secondary N) is 1. The fourth-order valence-corrected chi connectivity index (χ4v) is 3.12. The van der Waals surface area contributed by atoms with Gasteiger partial charge in [0.05, 0.1) is 6.54 Å². The van der Waals surface area contributed by atoms with Gasteiger partial charge in [0, 0.05) is 38.9 Å². The topological polar surface area (TPSA) is 69.8 Å². The minimum Gasteiger partial charge on any atom is -0.370 e. The Morgan fingerprint density at radius 3 is 2.59 bits per heavy atom. The van der Waals surface area contributed by atoms with Crippen molar-refractivity contribution in [2.75, 3.05) is 44.7 Å². The molecule has 2 heterocycles. The lowest BCUT2D eigenvalue weighted by Crippen LogP contribution is -2.44. The van der Waals surface area contributed by atoms with Crippen molar-refractivity contribution in [1.82, 2.24) is 15.2 Å². The molecule has 0 radical (unpaired) electrons. The minimum atomic E-state index is 0. The molecular weight excluding hydrogens is 451 g/mol. The Kier molecular flexibility index (Phi) is 12.4. The predicted octanol–water partition coefficient (Wildman–Crippen LogP) is 3.22. The summed E-state index contributed by atoms with van der Waals surface area (Å²) < 4.78 is 0. The summed E-state index contributed by atoms with van der Waals surface area (Å²) in [4.78, 5) is 13.7. The van der Waals surface area contributed by atoms with Crippen LogP contribution in [-0.2, 0) is 6.54 Å². The van der Waals surface area contributed by atoms with Crippen LogP contribution in [0.3, 0.4) is 0 Å². The molecule has 1 saturated heterocycles. The quantitative estimate of drug-likeness (QED) is 0.229. The van der Waals surface area contributed by atoms with Gasteiger partial charge in [-0.3, -0.25) is 0 Å². The number of hydrogen-bond donors (Lipinski definition) is 2. The van der Waals surface area contributed by atoms with Crippen molar-refractivity contribution in [3.63, 3.8) is 0 Å². The highest BCUT2D eigenvalue weighted by Gasteiger charge is 2.15. The van der Waals surface area contributed by atoms with E-state index in [1.165, 1.54) is 32.1 Å². The van der Waals surface area contributed by atoms with Crippen LogP contribution in [0.2, 0.25) is 0 Å².